The molecule has 3 aliphatic rings. The Kier molecular flexibility index (Phi) is 5.24. The predicted octanol–water partition coefficient (Wildman–Crippen LogP) is 1.22. The largest absolute Gasteiger partial charge is 0.385 e. The summed E-state index contributed by atoms with van der Waals surface area (Å²) in [5.41, 5.74) is 1.92. The number of piperidine rings is 2. The summed E-state index contributed by atoms with van der Waals surface area (Å²) in [6.07, 6.45) is 6.88. The fourth-order valence-electron chi connectivity index (χ4n) is 5.45. The van der Waals surface area contributed by atoms with Crippen molar-refractivity contribution in [2.24, 2.45) is 0 Å². The minimum atomic E-state index is -1.12. The first-order chi connectivity index (χ1) is 17.3. The van der Waals surface area contributed by atoms with E-state index < -0.39 is 35.3 Å². The van der Waals surface area contributed by atoms with Crippen molar-refractivity contribution in [1.29, 1.82) is 0 Å². The number of pyridine rings is 1. The van der Waals surface area contributed by atoms with Crippen LogP contribution in [0.5, 0.6) is 0 Å². The molecule has 6 rings (SSSR count). The van der Waals surface area contributed by atoms with Crippen LogP contribution in [0.3, 0.4) is 0 Å². The molecule has 1 aromatic carbocycles. The van der Waals surface area contributed by atoms with E-state index in [1.165, 1.54) is 0 Å². The Bertz CT molecular complexity index is 1420. The lowest BCUT2D eigenvalue weighted by Crippen LogP contribution is -2.54. The van der Waals surface area contributed by atoms with Gasteiger partial charge in [0.05, 0.1) is 16.7 Å². The molecule has 4 amide bonds. The number of nitrogens with zero attached hydrogens (tertiary/aromatic N) is 4. The fraction of sp³-hybridized carbons (Fsp3) is 0.346. The first-order valence-corrected chi connectivity index (χ1v) is 12.0. The number of imidazole rings is 1. The molecule has 0 bridgehead atoms. The minimum Gasteiger partial charge on any atom is -0.385 e. The maximum Gasteiger partial charge on any atom is 0.262 e. The molecule has 2 saturated heterocycles. The highest BCUT2D eigenvalue weighted by Gasteiger charge is 2.45. The zero-order valence-electron chi connectivity index (χ0n) is 19.5. The quantitative estimate of drug-likeness (QED) is 0.530. The summed E-state index contributed by atoms with van der Waals surface area (Å²) in [7, 11) is 0. The van der Waals surface area contributed by atoms with Gasteiger partial charge in [0.2, 0.25) is 11.8 Å². The van der Waals surface area contributed by atoms with Gasteiger partial charge >= 0.3 is 0 Å². The standard InChI is InChI=1S/C26H25N5O5/c32-22-6-4-20(23(33)28-22)31-24(34)18-3-2-17(13-19(18)25(31)35)26(36)7-10-29(11-8-26)14-16-1-5-21-27-9-12-30(21)15-16/h1-3,5,9,12-13,15,20,36H,4,6-8,10-11,14H2,(H,28,32,33). The molecular weight excluding hydrogens is 462 g/mol. The van der Waals surface area contributed by atoms with Gasteiger partial charge < -0.3 is 9.51 Å². The summed E-state index contributed by atoms with van der Waals surface area (Å²) in [6.45, 7) is 2.10. The van der Waals surface area contributed by atoms with Crippen LogP contribution in [0.2, 0.25) is 0 Å². The van der Waals surface area contributed by atoms with Gasteiger partial charge in [0, 0.05) is 44.6 Å². The first-order valence-electron chi connectivity index (χ1n) is 12.0. The van der Waals surface area contributed by atoms with E-state index in [0.717, 1.165) is 22.7 Å². The van der Waals surface area contributed by atoms with Gasteiger partial charge in [0.15, 0.2) is 0 Å². The van der Waals surface area contributed by atoms with Gasteiger partial charge in [-0.3, -0.25) is 34.3 Å². The highest BCUT2D eigenvalue weighted by molar-refractivity contribution is 6.23. The Balaban J connectivity index is 1.17. The van der Waals surface area contributed by atoms with Gasteiger partial charge in [-0.2, -0.15) is 0 Å². The van der Waals surface area contributed by atoms with E-state index in [2.05, 4.69) is 27.5 Å². The molecule has 2 fully saturated rings. The van der Waals surface area contributed by atoms with Crippen molar-refractivity contribution in [1.82, 2.24) is 24.5 Å². The monoisotopic (exact) mass is 487 g/mol. The summed E-state index contributed by atoms with van der Waals surface area (Å²) >= 11 is 0. The van der Waals surface area contributed by atoms with E-state index in [0.29, 0.717) is 31.5 Å². The highest BCUT2D eigenvalue weighted by Crippen LogP contribution is 2.36. The zero-order chi connectivity index (χ0) is 25.0. The Hall–Kier alpha value is -3.89. The number of hydrogen-bond acceptors (Lipinski definition) is 7. The molecular formula is C26H25N5O5. The second kappa shape index (κ2) is 8.35. The van der Waals surface area contributed by atoms with E-state index in [9.17, 15) is 24.3 Å². The number of carbonyl (C=O) groups is 4. The number of aliphatic hydroxyl groups is 1. The van der Waals surface area contributed by atoms with E-state index >= 15 is 0 Å². The topological polar surface area (TPSA) is 124 Å². The number of imide groups is 2. The van der Waals surface area contributed by atoms with E-state index in [-0.39, 0.29) is 24.0 Å². The maximum absolute atomic E-state index is 13.1. The molecule has 0 saturated carbocycles. The van der Waals surface area contributed by atoms with E-state index in [1.54, 1.807) is 24.4 Å². The van der Waals surface area contributed by atoms with Crippen LogP contribution >= 0.6 is 0 Å². The zero-order valence-corrected chi connectivity index (χ0v) is 19.5. The van der Waals surface area contributed by atoms with Gasteiger partial charge in [0.25, 0.3) is 11.8 Å². The van der Waals surface area contributed by atoms with Gasteiger partial charge in [-0.05, 0) is 48.6 Å². The van der Waals surface area contributed by atoms with Crippen LogP contribution in [-0.2, 0) is 21.7 Å². The molecule has 3 aliphatic heterocycles. The average Bonchev–Trinajstić information content (AvgIpc) is 3.43. The third kappa shape index (κ3) is 3.69. The normalized spacial score (nSPS) is 22.2. The van der Waals surface area contributed by atoms with Crippen LogP contribution in [0.1, 0.15) is 57.5 Å². The molecule has 0 aliphatic carbocycles. The molecule has 36 heavy (non-hydrogen) atoms. The minimum absolute atomic E-state index is 0.0709. The molecule has 3 aromatic rings. The number of likely N-dealkylation sites (tertiary alicyclic amines) is 1. The Morgan fingerprint density at radius 3 is 2.58 bits per heavy atom. The smallest absolute Gasteiger partial charge is 0.262 e. The van der Waals surface area contributed by atoms with Crippen molar-refractivity contribution in [3.63, 3.8) is 0 Å². The van der Waals surface area contributed by atoms with Gasteiger partial charge in [-0.1, -0.05) is 12.1 Å². The number of nitrogens with one attached hydrogen (secondary N) is 1. The molecule has 1 unspecified atom stereocenters. The Labute approximate surface area is 206 Å². The second-order valence-corrected chi connectivity index (χ2v) is 9.75. The van der Waals surface area contributed by atoms with Crippen LogP contribution in [0.15, 0.2) is 48.9 Å². The fourth-order valence-corrected chi connectivity index (χ4v) is 5.45. The number of amides is 4. The third-order valence-corrected chi connectivity index (χ3v) is 7.52. The van der Waals surface area contributed by atoms with Gasteiger partial charge in [-0.15, -0.1) is 0 Å². The number of aromatic nitrogens is 2. The van der Waals surface area contributed by atoms with Crippen LogP contribution < -0.4 is 5.32 Å². The summed E-state index contributed by atoms with van der Waals surface area (Å²) in [4.78, 5) is 57.3. The van der Waals surface area contributed by atoms with Crippen molar-refractivity contribution in [3.05, 3.63) is 71.2 Å². The summed E-state index contributed by atoms with van der Waals surface area (Å²) < 4.78 is 1.98. The van der Waals surface area contributed by atoms with Crippen molar-refractivity contribution in [3.8, 4) is 0 Å². The van der Waals surface area contributed by atoms with Crippen molar-refractivity contribution >= 4 is 29.3 Å². The second-order valence-electron chi connectivity index (χ2n) is 9.75. The molecule has 1 atom stereocenters. The molecule has 0 radical (unpaired) electrons. The lowest BCUT2D eigenvalue weighted by molar-refractivity contribution is -0.136. The van der Waals surface area contributed by atoms with Crippen LogP contribution in [-0.4, -0.2) is 67.1 Å². The number of carbonyl (C=O) groups excluding carboxylic acids is 4. The molecule has 5 heterocycles. The summed E-state index contributed by atoms with van der Waals surface area (Å²) in [5.74, 6) is -2.17. The van der Waals surface area contributed by atoms with Crippen LogP contribution in [0.25, 0.3) is 5.65 Å². The summed E-state index contributed by atoms with van der Waals surface area (Å²) in [6, 6.07) is 7.87. The lowest BCUT2D eigenvalue weighted by atomic mass is 9.83. The average molecular weight is 488 g/mol. The van der Waals surface area contributed by atoms with Crippen molar-refractivity contribution < 1.29 is 24.3 Å². The third-order valence-electron chi connectivity index (χ3n) is 7.52. The first kappa shape index (κ1) is 22.6. The maximum atomic E-state index is 13.1. The van der Waals surface area contributed by atoms with Gasteiger partial charge in [0.1, 0.15) is 11.7 Å². The van der Waals surface area contributed by atoms with Crippen LogP contribution in [0.4, 0.5) is 0 Å². The molecule has 2 aromatic heterocycles. The molecule has 10 heteroatoms. The highest BCUT2D eigenvalue weighted by atomic mass is 16.3. The molecule has 2 N–H and O–H groups in total. The summed E-state index contributed by atoms with van der Waals surface area (Å²) in [5, 5.41) is 13.7. The van der Waals surface area contributed by atoms with Crippen molar-refractivity contribution in [2.75, 3.05) is 13.1 Å². The number of benzene rings is 1. The number of hydrogen-bond donors (Lipinski definition) is 2. The molecule has 184 valence electrons. The Morgan fingerprint density at radius 1 is 1.03 bits per heavy atom. The lowest BCUT2D eigenvalue weighted by Gasteiger charge is -2.38. The van der Waals surface area contributed by atoms with Gasteiger partial charge in [-0.25, -0.2) is 4.98 Å². The number of rotatable bonds is 4. The Morgan fingerprint density at radius 2 is 1.81 bits per heavy atom. The van der Waals surface area contributed by atoms with Crippen LogP contribution in [0, 0.1) is 0 Å². The number of fused-ring (bicyclic) bond motifs is 2. The van der Waals surface area contributed by atoms with Crippen molar-refractivity contribution in [2.45, 2.75) is 43.9 Å². The molecule has 10 nitrogen and oxygen atoms in total. The predicted molar refractivity (Wildman–Crippen MR) is 127 cm³/mol. The SMILES string of the molecule is O=C1CCC(N2C(=O)c3ccc(C4(O)CCN(Cc5ccc6nccn6c5)CC4)cc3C2=O)C(=O)N1. The van der Waals surface area contributed by atoms with E-state index in [4.69, 9.17) is 0 Å². The molecule has 0 spiro atoms. The van der Waals surface area contributed by atoms with E-state index in [1.807, 2.05) is 16.7 Å².